The zero-order chi connectivity index (χ0) is 12.8. The molecule has 4 N–H and O–H groups in total. The van der Waals surface area contributed by atoms with Crippen LogP contribution in [0, 0.1) is 0 Å². The first kappa shape index (κ1) is 13.8. The maximum atomic E-state index is 11.1. The molecule has 0 aliphatic rings. The second kappa shape index (κ2) is 6.47. The second-order valence-corrected chi connectivity index (χ2v) is 4.14. The van der Waals surface area contributed by atoms with E-state index in [1.165, 1.54) is 0 Å². The van der Waals surface area contributed by atoms with Crippen LogP contribution in [0.1, 0.15) is 18.9 Å². The van der Waals surface area contributed by atoms with Crippen LogP contribution < -0.4 is 16.2 Å². The van der Waals surface area contributed by atoms with Gasteiger partial charge in [0.2, 0.25) is 0 Å². The zero-order valence-corrected chi connectivity index (χ0v) is 10.5. The Labute approximate surface area is 106 Å². The average Bonchev–Trinajstić information content (AvgIpc) is 2.28. The van der Waals surface area contributed by atoms with Crippen molar-refractivity contribution < 1.29 is 9.53 Å². The molecule has 5 heteroatoms. The van der Waals surface area contributed by atoms with Crippen molar-refractivity contribution in [1.29, 1.82) is 0 Å². The van der Waals surface area contributed by atoms with E-state index in [0.717, 1.165) is 5.56 Å². The summed E-state index contributed by atoms with van der Waals surface area (Å²) in [6.45, 7) is 2.33. The van der Waals surface area contributed by atoms with Crippen molar-refractivity contribution in [1.82, 2.24) is 0 Å². The maximum Gasteiger partial charge on any atom is 0.258 e. The molecule has 0 aliphatic heterocycles. The normalized spacial score (nSPS) is 12.2. The van der Waals surface area contributed by atoms with Crippen LogP contribution in [-0.2, 0) is 11.2 Å². The van der Waals surface area contributed by atoms with Gasteiger partial charge in [-0.05, 0) is 43.1 Å². The number of benzene rings is 1. The van der Waals surface area contributed by atoms with Crippen LogP contribution in [0.2, 0.25) is 5.02 Å². The Morgan fingerprint density at radius 1 is 1.53 bits per heavy atom. The van der Waals surface area contributed by atoms with Crippen LogP contribution in [0.25, 0.3) is 0 Å². The molecule has 0 aliphatic carbocycles. The van der Waals surface area contributed by atoms with Gasteiger partial charge >= 0.3 is 0 Å². The lowest BCUT2D eigenvalue weighted by Gasteiger charge is -2.17. The molecular weight excluding hydrogens is 240 g/mol. The summed E-state index contributed by atoms with van der Waals surface area (Å²) < 4.78 is 5.58. The minimum atomic E-state index is -0.618. The van der Waals surface area contributed by atoms with Crippen molar-refractivity contribution >= 4 is 17.5 Å². The highest BCUT2D eigenvalue weighted by atomic mass is 35.5. The number of amides is 1. The molecule has 1 unspecified atom stereocenters. The number of hydrogen-bond donors (Lipinski definition) is 2. The first-order valence-corrected chi connectivity index (χ1v) is 5.90. The molecule has 0 radical (unpaired) electrons. The molecule has 1 aromatic rings. The number of rotatable bonds is 6. The third-order valence-electron chi connectivity index (χ3n) is 2.39. The van der Waals surface area contributed by atoms with Crippen LogP contribution in [0.4, 0.5) is 0 Å². The number of ether oxygens (including phenoxy) is 1. The Hall–Kier alpha value is -1.26. The number of hydrogen-bond acceptors (Lipinski definition) is 3. The van der Waals surface area contributed by atoms with Crippen LogP contribution in [-0.4, -0.2) is 18.6 Å². The summed E-state index contributed by atoms with van der Waals surface area (Å²) in [6.07, 6.45) is 0.554. The predicted octanol–water partition coefficient (Wildman–Crippen LogP) is 1.48. The van der Waals surface area contributed by atoms with E-state index in [-0.39, 0.29) is 0 Å². The largest absolute Gasteiger partial charge is 0.480 e. The van der Waals surface area contributed by atoms with Crippen LogP contribution in [0.3, 0.4) is 0 Å². The summed E-state index contributed by atoms with van der Waals surface area (Å²) in [6, 6.07) is 5.24. The van der Waals surface area contributed by atoms with E-state index < -0.39 is 12.0 Å². The van der Waals surface area contributed by atoms with Gasteiger partial charge in [0.05, 0.1) is 0 Å². The monoisotopic (exact) mass is 256 g/mol. The van der Waals surface area contributed by atoms with Crippen molar-refractivity contribution in [2.24, 2.45) is 11.5 Å². The van der Waals surface area contributed by atoms with Crippen LogP contribution >= 0.6 is 11.6 Å². The highest BCUT2D eigenvalue weighted by molar-refractivity contribution is 6.30. The highest BCUT2D eigenvalue weighted by Gasteiger charge is 2.16. The number of carbonyl (C=O) groups excluding carboxylic acids is 1. The fraction of sp³-hybridized carbons (Fsp3) is 0.417. The molecule has 1 amide bonds. The van der Waals surface area contributed by atoms with E-state index in [2.05, 4.69) is 0 Å². The van der Waals surface area contributed by atoms with Gasteiger partial charge in [-0.15, -0.1) is 0 Å². The molecule has 1 rings (SSSR count). The summed E-state index contributed by atoms with van der Waals surface area (Å²) in [5.74, 6) is 0.145. The van der Waals surface area contributed by atoms with Crippen molar-refractivity contribution in [3.05, 3.63) is 28.8 Å². The van der Waals surface area contributed by atoms with Crippen molar-refractivity contribution in [3.63, 3.8) is 0 Å². The second-order valence-electron chi connectivity index (χ2n) is 3.71. The van der Waals surface area contributed by atoms with Crippen LogP contribution in [0.5, 0.6) is 5.75 Å². The molecule has 0 aromatic heterocycles. The first-order valence-electron chi connectivity index (χ1n) is 5.53. The molecule has 94 valence electrons. The number of carbonyl (C=O) groups is 1. The van der Waals surface area contributed by atoms with E-state index in [1.807, 2.05) is 6.92 Å². The van der Waals surface area contributed by atoms with Gasteiger partial charge in [0, 0.05) is 5.02 Å². The lowest BCUT2D eigenvalue weighted by Crippen LogP contribution is -2.33. The van der Waals surface area contributed by atoms with E-state index in [1.54, 1.807) is 18.2 Å². The standard InChI is InChI=1S/C12H17ClN2O2/c1-2-10(12(15)16)17-11-4-3-9(13)7-8(11)5-6-14/h3-4,7,10H,2,5-6,14H2,1H3,(H2,15,16). The fourth-order valence-corrected chi connectivity index (χ4v) is 1.70. The Balaban J connectivity index is 2.92. The van der Waals surface area contributed by atoms with Gasteiger partial charge in [0.1, 0.15) is 5.75 Å². The van der Waals surface area contributed by atoms with Gasteiger partial charge in [-0.25, -0.2) is 0 Å². The molecule has 0 heterocycles. The Morgan fingerprint density at radius 3 is 2.76 bits per heavy atom. The fourth-order valence-electron chi connectivity index (χ4n) is 1.51. The van der Waals surface area contributed by atoms with Gasteiger partial charge in [-0.1, -0.05) is 18.5 Å². The lowest BCUT2D eigenvalue weighted by molar-refractivity contribution is -0.124. The maximum absolute atomic E-state index is 11.1. The molecule has 1 aromatic carbocycles. The first-order chi connectivity index (χ1) is 8.08. The topological polar surface area (TPSA) is 78.3 Å². The molecule has 17 heavy (non-hydrogen) atoms. The van der Waals surface area contributed by atoms with E-state index in [9.17, 15) is 4.79 Å². The minimum Gasteiger partial charge on any atom is -0.480 e. The minimum absolute atomic E-state index is 0.471. The van der Waals surface area contributed by atoms with Crippen molar-refractivity contribution in [3.8, 4) is 5.75 Å². The average molecular weight is 257 g/mol. The lowest BCUT2D eigenvalue weighted by atomic mass is 10.1. The summed E-state index contributed by atoms with van der Waals surface area (Å²) >= 11 is 5.90. The molecule has 0 spiro atoms. The summed E-state index contributed by atoms with van der Waals surface area (Å²) in [7, 11) is 0. The predicted molar refractivity (Wildman–Crippen MR) is 68.1 cm³/mol. The smallest absolute Gasteiger partial charge is 0.258 e. The molecule has 4 nitrogen and oxygen atoms in total. The quantitative estimate of drug-likeness (QED) is 0.809. The van der Waals surface area contributed by atoms with E-state index >= 15 is 0 Å². The number of primary amides is 1. The molecule has 0 saturated carbocycles. The van der Waals surface area contributed by atoms with Gasteiger partial charge in [0.25, 0.3) is 5.91 Å². The van der Waals surface area contributed by atoms with Gasteiger partial charge < -0.3 is 16.2 Å². The van der Waals surface area contributed by atoms with Gasteiger partial charge in [0.15, 0.2) is 6.10 Å². The zero-order valence-electron chi connectivity index (χ0n) is 9.78. The third kappa shape index (κ3) is 3.91. The highest BCUT2D eigenvalue weighted by Crippen LogP contribution is 2.24. The number of nitrogens with two attached hydrogens (primary N) is 2. The van der Waals surface area contributed by atoms with Gasteiger partial charge in [-0.3, -0.25) is 4.79 Å². The SMILES string of the molecule is CCC(Oc1ccc(Cl)cc1CCN)C(N)=O. The molecular formula is C12H17ClN2O2. The van der Waals surface area contributed by atoms with Gasteiger partial charge in [-0.2, -0.15) is 0 Å². The van der Waals surface area contributed by atoms with E-state index in [0.29, 0.717) is 30.2 Å². The molecule has 0 saturated heterocycles. The Bertz CT molecular complexity index is 396. The summed E-state index contributed by atoms with van der Waals surface area (Å²) in [5.41, 5.74) is 11.6. The Morgan fingerprint density at radius 2 is 2.24 bits per heavy atom. The number of halogens is 1. The Kier molecular flexibility index (Phi) is 5.25. The van der Waals surface area contributed by atoms with E-state index in [4.69, 9.17) is 27.8 Å². The van der Waals surface area contributed by atoms with Crippen molar-refractivity contribution in [2.45, 2.75) is 25.9 Å². The summed E-state index contributed by atoms with van der Waals surface area (Å²) in [4.78, 5) is 11.1. The third-order valence-corrected chi connectivity index (χ3v) is 2.63. The summed E-state index contributed by atoms with van der Waals surface area (Å²) in [5, 5.41) is 0.618. The van der Waals surface area contributed by atoms with Crippen molar-refractivity contribution in [2.75, 3.05) is 6.54 Å². The molecule has 0 fully saturated rings. The molecule has 1 atom stereocenters. The van der Waals surface area contributed by atoms with Crippen LogP contribution in [0.15, 0.2) is 18.2 Å². The molecule has 0 bridgehead atoms.